The van der Waals surface area contributed by atoms with Crippen LogP contribution in [-0.4, -0.2) is 41.1 Å². The Bertz CT molecular complexity index is 552. The number of aryl methyl sites for hydroxylation is 1. The molecular formula is C14H18N2O3. The number of aromatic amines is 1. The van der Waals surface area contributed by atoms with Gasteiger partial charge in [-0.15, -0.1) is 0 Å². The van der Waals surface area contributed by atoms with E-state index in [4.69, 9.17) is 4.74 Å². The largest absolute Gasteiger partial charge is 0.374 e. The van der Waals surface area contributed by atoms with Crippen molar-refractivity contribution in [1.82, 2.24) is 9.88 Å². The van der Waals surface area contributed by atoms with Crippen molar-refractivity contribution in [3.63, 3.8) is 0 Å². The van der Waals surface area contributed by atoms with Crippen molar-refractivity contribution in [3.8, 4) is 0 Å². The molecule has 102 valence electrons. The minimum Gasteiger partial charge on any atom is -0.374 e. The minimum atomic E-state index is -0.300. The van der Waals surface area contributed by atoms with E-state index in [1.807, 2.05) is 4.90 Å². The average molecular weight is 262 g/mol. The Labute approximate surface area is 111 Å². The lowest BCUT2D eigenvalue weighted by Gasteiger charge is -2.37. The molecule has 0 radical (unpaired) electrons. The van der Waals surface area contributed by atoms with Crippen molar-refractivity contribution >= 4 is 5.91 Å². The number of morpholine rings is 1. The molecule has 3 rings (SSSR count). The predicted molar refractivity (Wildman–Crippen MR) is 70.2 cm³/mol. The fourth-order valence-electron chi connectivity index (χ4n) is 3.07. The first-order chi connectivity index (χ1) is 9.16. The number of aromatic nitrogens is 1. The van der Waals surface area contributed by atoms with Gasteiger partial charge in [0, 0.05) is 12.2 Å². The van der Waals surface area contributed by atoms with Crippen molar-refractivity contribution in [3.05, 3.63) is 33.7 Å². The summed E-state index contributed by atoms with van der Waals surface area (Å²) in [5.74, 6) is -0.165. The monoisotopic (exact) mass is 262 g/mol. The van der Waals surface area contributed by atoms with Gasteiger partial charge in [0.15, 0.2) is 0 Å². The van der Waals surface area contributed by atoms with Crippen LogP contribution in [0.2, 0.25) is 0 Å². The van der Waals surface area contributed by atoms with Crippen LogP contribution in [0.1, 0.15) is 35.3 Å². The molecule has 5 nitrogen and oxygen atoms in total. The highest BCUT2D eigenvalue weighted by Gasteiger charge is 2.39. The lowest BCUT2D eigenvalue weighted by Crippen LogP contribution is -2.52. The van der Waals surface area contributed by atoms with E-state index in [0.717, 1.165) is 25.0 Å². The van der Waals surface area contributed by atoms with Crippen LogP contribution in [0.3, 0.4) is 0 Å². The molecule has 2 aliphatic rings. The molecule has 0 spiro atoms. The zero-order valence-corrected chi connectivity index (χ0v) is 11.0. The average Bonchev–Trinajstić information content (AvgIpc) is 2.86. The van der Waals surface area contributed by atoms with Crippen LogP contribution in [0.15, 0.2) is 16.9 Å². The smallest absolute Gasteiger partial charge is 0.260 e. The van der Waals surface area contributed by atoms with Crippen LogP contribution in [0.25, 0.3) is 0 Å². The molecule has 1 amide bonds. The number of ether oxygens (including phenoxy) is 1. The lowest BCUT2D eigenvalue weighted by atomic mass is 10.1. The van der Waals surface area contributed by atoms with Crippen molar-refractivity contribution in [2.24, 2.45) is 0 Å². The first-order valence-corrected chi connectivity index (χ1v) is 6.79. The third-order valence-electron chi connectivity index (χ3n) is 4.03. The molecule has 5 heteroatoms. The van der Waals surface area contributed by atoms with Gasteiger partial charge in [-0.25, -0.2) is 0 Å². The number of carbonyl (C=O) groups excluding carboxylic acids is 1. The molecule has 1 aromatic heterocycles. The highest BCUT2D eigenvalue weighted by Crippen LogP contribution is 2.30. The second kappa shape index (κ2) is 4.81. The number of H-pyrrole nitrogens is 1. The second-order valence-electron chi connectivity index (χ2n) is 5.29. The molecule has 2 atom stereocenters. The maximum absolute atomic E-state index is 12.5. The normalized spacial score (nSPS) is 26.3. The third-order valence-corrected chi connectivity index (χ3v) is 4.03. The van der Waals surface area contributed by atoms with Crippen LogP contribution in [0.5, 0.6) is 0 Å². The maximum Gasteiger partial charge on any atom is 0.260 e. The van der Waals surface area contributed by atoms with Crippen molar-refractivity contribution in [2.45, 2.75) is 38.3 Å². The topological polar surface area (TPSA) is 62.4 Å². The molecule has 0 bridgehead atoms. The standard InChI is InChI=1S/C14H18N2O3/c1-9-5-6-10(13(17)15-9)14(18)16-7-8-19-12-4-2-3-11(12)16/h5-6,11-12H,2-4,7-8H2,1H3,(H,15,17)/t11-,12-/m1/s1. The van der Waals surface area contributed by atoms with E-state index < -0.39 is 0 Å². The van der Waals surface area contributed by atoms with E-state index in [2.05, 4.69) is 4.98 Å². The number of pyridine rings is 1. The van der Waals surface area contributed by atoms with Crippen LogP contribution in [0, 0.1) is 6.92 Å². The molecular weight excluding hydrogens is 244 g/mol. The van der Waals surface area contributed by atoms with Gasteiger partial charge in [0.2, 0.25) is 0 Å². The SMILES string of the molecule is Cc1ccc(C(=O)N2CCO[C@@H]3CCC[C@H]32)c(=O)[nH]1. The fraction of sp³-hybridized carbons (Fsp3) is 0.571. The number of hydrogen-bond donors (Lipinski definition) is 1. The van der Waals surface area contributed by atoms with Gasteiger partial charge in [0.1, 0.15) is 5.56 Å². The second-order valence-corrected chi connectivity index (χ2v) is 5.29. The van der Waals surface area contributed by atoms with Crippen LogP contribution in [-0.2, 0) is 4.74 Å². The van der Waals surface area contributed by atoms with Crippen LogP contribution < -0.4 is 5.56 Å². The maximum atomic E-state index is 12.5. The lowest BCUT2D eigenvalue weighted by molar-refractivity contribution is -0.0446. The summed E-state index contributed by atoms with van der Waals surface area (Å²) in [7, 11) is 0. The Kier molecular flexibility index (Phi) is 3.14. The Hall–Kier alpha value is -1.62. The van der Waals surface area contributed by atoms with E-state index in [0.29, 0.717) is 13.2 Å². The highest BCUT2D eigenvalue weighted by molar-refractivity contribution is 5.94. The number of carbonyl (C=O) groups is 1. The van der Waals surface area contributed by atoms with Gasteiger partial charge in [-0.3, -0.25) is 9.59 Å². The molecule has 1 aromatic rings. The van der Waals surface area contributed by atoms with Crippen molar-refractivity contribution in [1.29, 1.82) is 0 Å². The van der Waals surface area contributed by atoms with Gasteiger partial charge in [-0.2, -0.15) is 0 Å². The number of nitrogens with one attached hydrogen (secondary N) is 1. The van der Waals surface area contributed by atoms with Gasteiger partial charge in [0.25, 0.3) is 11.5 Å². The summed E-state index contributed by atoms with van der Waals surface area (Å²) in [6.45, 7) is 2.95. The molecule has 1 saturated heterocycles. The van der Waals surface area contributed by atoms with Crippen molar-refractivity contribution in [2.75, 3.05) is 13.2 Å². The molecule has 1 aliphatic carbocycles. The molecule has 1 N–H and O–H groups in total. The number of rotatable bonds is 1. The summed E-state index contributed by atoms with van der Waals surface area (Å²) in [5.41, 5.74) is 0.700. The molecule has 19 heavy (non-hydrogen) atoms. The van der Waals surface area contributed by atoms with Gasteiger partial charge < -0.3 is 14.6 Å². The first-order valence-electron chi connectivity index (χ1n) is 6.79. The molecule has 0 aromatic carbocycles. The quantitative estimate of drug-likeness (QED) is 0.823. The zero-order valence-electron chi connectivity index (χ0n) is 11.0. The zero-order chi connectivity index (χ0) is 13.4. The Morgan fingerprint density at radius 3 is 3.05 bits per heavy atom. The Morgan fingerprint density at radius 1 is 1.42 bits per heavy atom. The number of nitrogens with zero attached hydrogens (tertiary/aromatic N) is 1. The van der Waals surface area contributed by atoms with E-state index in [9.17, 15) is 9.59 Å². The predicted octanol–water partition coefficient (Wildman–Crippen LogP) is 1.08. The summed E-state index contributed by atoms with van der Waals surface area (Å²) in [5, 5.41) is 0. The summed E-state index contributed by atoms with van der Waals surface area (Å²) in [6, 6.07) is 3.53. The summed E-state index contributed by atoms with van der Waals surface area (Å²) in [6.07, 6.45) is 3.23. The summed E-state index contributed by atoms with van der Waals surface area (Å²) < 4.78 is 5.69. The first kappa shape index (κ1) is 12.4. The highest BCUT2D eigenvalue weighted by atomic mass is 16.5. The Balaban J connectivity index is 1.88. The molecule has 1 saturated carbocycles. The molecule has 0 unspecified atom stereocenters. The van der Waals surface area contributed by atoms with Gasteiger partial charge in [-0.05, 0) is 38.3 Å². The Morgan fingerprint density at radius 2 is 2.26 bits per heavy atom. The van der Waals surface area contributed by atoms with Gasteiger partial charge in [-0.1, -0.05) is 0 Å². The van der Waals surface area contributed by atoms with E-state index in [1.54, 1.807) is 19.1 Å². The number of hydrogen-bond acceptors (Lipinski definition) is 3. The van der Waals surface area contributed by atoms with E-state index >= 15 is 0 Å². The van der Waals surface area contributed by atoms with Gasteiger partial charge >= 0.3 is 0 Å². The number of amides is 1. The van der Waals surface area contributed by atoms with Crippen molar-refractivity contribution < 1.29 is 9.53 Å². The van der Waals surface area contributed by atoms with E-state index in [-0.39, 0.29) is 29.2 Å². The third kappa shape index (κ3) is 2.18. The van der Waals surface area contributed by atoms with Gasteiger partial charge in [0.05, 0.1) is 18.8 Å². The van der Waals surface area contributed by atoms with Crippen LogP contribution in [0.4, 0.5) is 0 Å². The fourth-order valence-corrected chi connectivity index (χ4v) is 3.07. The van der Waals surface area contributed by atoms with Crippen LogP contribution >= 0.6 is 0 Å². The summed E-state index contributed by atoms with van der Waals surface area (Å²) in [4.78, 5) is 28.9. The van der Waals surface area contributed by atoms with E-state index in [1.165, 1.54) is 0 Å². The molecule has 1 aliphatic heterocycles. The minimum absolute atomic E-state index is 0.141. The number of fused-ring (bicyclic) bond motifs is 1. The molecule has 2 heterocycles. The summed E-state index contributed by atoms with van der Waals surface area (Å²) >= 11 is 0. The molecule has 2 fully saturated rings.